The van der Waals surface area contributed by atoms with Gasteiger partial charge in [0, 0.05) is 5.56 Å². The summed E-state index contributed by atoms with van der Waals surface area (Å²) in [4.78, 5) is 21.0. The summed E-state index contributed by atoms with van der Waals surface area (Å²) in [5.74, 6) is 1.68. The zero-order chi connectivity index (χ0) is 19.7. The highest BCUT2D eigenvalue weighted by molar-refractivity contribution is 6.32. The zero-order valence-electron chi connectivity index (χ0n) is 15.8. The normalized spacial score (nSPS) is 15.2. The van der Waals surface area contributed by atoms with Crippen LogP contribution in [0.15, 0.2) is 36.4 Å². The van der Waals surface area contributed by atoms with Gasteiger partial charge in [0.25, 0.3) is 5.91 Å². The lowest BCUT2D eigenvalue weighted by molar-refractivity contribution is 0.0919. The molecule has 4 rings (SSSR count). The molecule has 0 radical (unpaired) electrons. The van der Waals surface area contributed by atoms with E-state index in [1.165, 1.54) is 0 Å². The minimum absolute atomic E-state index is 0.192. The second-order valence-electron chi connectivity index (χ2n) is 6.96. The molecule has 2 atom stereocenters. The van der Waals surface area contributed by atoms with E-state index in [4.69, 9.17) is 21.1 Å². The Morgan fingerprint density at radius 2 is 2.07 bits per heavy atom. The molecule has 1 aliphatic rings. The topological polar surface area (TPSA) is 76.2 Å². The van der Waals surface area contributed by atoms with Gasteiger partial charge < -0.3 is 19.8 Å². The molecule has 0 spiro atoms. The van der Waals surface area contributed by atoms with Crippen molar-refractivity contribution in [3.8, 4) is 11.5 Å². The first kappa shape index (κ1) is 18.6. The van der Waals surface area contributed by atoms with Crippen molar-refractivity contribution in [1.29, 1.82) is 0 Å². The fourth-order valence-corrected chi connectivity index (χ4v) is 3.57. The minimum Gasteiger partial charge on any atom is -0.486 e. The smallest absolute Gasteiger partial charge is 0.252 e. The Kier molecular flexibility index (Phi) is 5.13. The van der Waals surface area contributed by atoms with Crippen molar-refractivity contribution in [3.05, 3.63) is 52.8 Å². The molecule has 0 aliphatic carbocycles. The van der Waals surface area contributed by atoms with Gasteiger partial charge in [-0.25, -0.2) is 4.98 Å². The lowest BCUT2D eigenvalue weighted by Crippen LogP contribution is -2.33. The van der Waals surface area contributed by atoms with Crippen molar-refractivity contribution >= 4 is 28.5 Å². The van der Waals surface area contributed by atoms with Gasteiger partial charge >= 0.3 is 0 Å². The Bertz CT molecular complexity index is 984. The quantitative estimate of drug-likeness (QED) is 0.662. The van der Waals surface area contributed by atoms with Gasteiger partial charge in [-0.15, -0.1) is 0 Å². The van der Waals surface area contributed by atoms with E-state index in [1.54, 1.807) is 12.1 Å². The Morgan fingerprint density at radius 3 is 2.86 bits per heavy atom. The number of para-hydroxylation sites is 2. The number of imidazole rings is 1. The van der Waals surface area contributed by atoms with Crippen molar-refractivity contribution in [2.45, 2.75) is 26.3 Å². The summed E-state index contributed by atoms with van der Waals surface area (Å²) >= 11 is 6.28. The number of carbonyl (C=O) groups excluding carboxylic acids is 1. The van der Waals surface area contributed by atoms with E-state index < -0.39 is 0 Å². The number of nitrogens with one attached hydrogen (secondary N) is 2. The molecule has 28 heavy (non-hydrogen) atoms. The van der Waals surface area contributed by atoms with Gasteiger partial charge in [-0.05, 0) is 30.2 Å². The number of rotatable bonds is 5. The monoisotopic (exact) mass is 399 g/mol. The third-order valence-electron chi connectivity index (χ3n) is 5.06. The second-order valence-corrected chi connectivity index (χ2v) is 7.37. The fraction of sp³-hybridized carbons (Fsp3) is 0.333. The van der Waals surface area contributed by atoms with E-state index >= 15 is 0 Å². The number of aromatic nitrogens is 2. The molecule has 6 nitrogen and oxygen atoms in total. The number of nitrogens with zero attached hydrogens (tertiary/aromatic N) is 1. The molecule has 1 amide bonds. The number of ether oxygens (including phenoxy) is 2. The van der Waals surface area contributed by atoms with E-state index in [9.17, 15) is 4.79 Å². The molecule has 2 aromatic carbocycles. The highest BCUT2D eigenvalue weighted by Gasteiger charge is 2.26. The van der Waals surface area contributed by atoms with Crippen LogP contribution in [0.3, 0.4) is 0 Å². The maximum Gasteiger partial charge on any atom is 0.252 e. The Hall–Kier alpha value is -2.73. The Balaban J connectivity index is 1.63. The molecule has 1 aliphatic heterocycles. The van der Waals surface area contributed by atoms with Crippen LogP contribution in [0, 0.1) is 5.92 Å². The van der Waals surface area contributed by atoms with E-state index in [1.807, 2.05) is 24.3 Å². The molecular formula is C21H22ClN3O3. The molecule has 146 valence electrons. The number of benzene rings is 2. The summed E-state index contributed by atoms with van der Waals surface area (Å²) in [7, 11) is 0. The van der Waals surface area contributed by atoms with Gasteiger partial charge in [0.2, 0.25) is 0 Å². The molecular weight excluding hydrogens is 378 g/mol. The Morgan fingerprint density at radius 1 is 1.29 bits per heavy atom. The van der Waals surface area contributed by atoms with Gasteiger partial charge in [0.15, 0.2) is 11.5 Å². The van der Waals surface area contributed by atoms with Crippen LogP contribution < -0.4 is 14.8 Å². The highest BCUT2D eigenvalue weighted by Crippen LogP contribution is 2.38. The molecule has 0 fully saturated rings. The van der Waals surface area contributed by atoms with Crippen LogP contribution in [0.5, 0.6) is 11.5 Å². The number of hydrogen-bond acceptors (Lipinski definition) is 4. The first-order valence-corrected chi connectivity index (χ1v) is 9.79. The predicted molar refractivity (Wildman–Crippen MR) is 108 cm³/mol. The number of carbonyl (C=O) groups is 1. The zero-order valence-corrected chi connectivity index (χ0v) is 16.5. The van der Waals surface area contributed by atoms with Crippen LogP contribution in [0.25, 0.3) is 11.0 Å². The van der Waals surface area contributed by atoms with Gasteiger partial charge in [-0.2, -0.15) is 0 Å². The molecule has 0 saturated heterocycles. The molecule has 2 heterocycles. The first-order valence-electron chi connectivity index (χ1n) is 9.41. The summed E-state index contributed by atoms with van der Waals surface area (Å²) in [6.45, 7) is 5.06. The van der Waals surface area contributed by atoms with Crippen LogP contribution in [0.1, 0.15) is 42.5 Å². The number of amides is 1. The molecule has 3 aromatic rings. The number of fused-ring (bicyclic) bond motifs is 2. The summed E-state index contributed by atoms with van der Waals surface area (Å²) in [5, 5.41) is 3.47. The number of H-pyrrole nitrogens is 1. The van der Waals surface area contributed by atoms with Crippen LogP contribution in [-0.2, 0) is 0 Å². The van der Waals surface area contributed by atoms with Crippen LogP contribution in [-0.4, -0.2) is 29.1 Å². The summed E-state index contributed by atoms with van der Waals surface area (Å²) < 4.78 is 11.1. The summed E-state index contributed by atoms with van der Waals surface area (Å²) in [5.41, 5.74) is 2.25. The third-order valence-corrected chi connectivity index (χ3v) is 5.34. The maximum absolute atomic E-state index is 13.0. The first-order chi connectivity index (χ1) is 13.6. The van der Waals surface area contributed by atoms with Crippen molar-refractivity contribution in [2.24, 2.45) is 5.92 Å². The van der Waals surface area contributed by atoms with E-state index in [2.05, 4.69) is 29.1 Å². The summed E-state index contributed by atoms with van der Waals surface area (Å²) in [6, 6.07) is 10.8. The number of halogens is 1. The second kappa shape index (κ2) is 7.72. The van der Waals surface area contributed by atoms with Gasteiger partial charge in [-0.3, -0.25) is 4.79 Å². The maximum atomic E-state index is 13.0. The van der Waals surface area contributed by atoms with E-state index in [0.717, 1.165) is 23.3 Å². The SMILES string of the molecule is CCC(C)C(NC(=O)c1cc(Cl)c2c(c1)OCCO2)c1nc2ccccc2[nH]1. The fourth-order valence-electron chi connectivity index (χ4n) is 3.30. The molecule has 7 heteroatoms. The largest absolute Gasteiger partial charge is 0.486 e. The molecule has 0 saturated carbocycles. The number of aromatic amines is 1. The molecule has 1 aromatic heterocycles. The van der Waals surface area contributed by atoms with Crippen LogP contribution >= 0.6 is 11.6 Å². The molecule has 2 N–H and O–H groups in total. The lowest BCUT2D eigenvalue weighted by Gasteiger charge is -2.24. The Labute approximate surface area is 168 Å². The average molecular weight is 400 g/mol. The van der Waals surface area contributed by atoms with Crippen molar-refractivity contribution in [3.63, 3.8) is 0 Å². The standard InChI is InChI=1S/C21H22ClN3O3/c1-3-12(2)18(20-23-15-6-4-5-7-16(15)24-20)25-21(26)13-10-14(22)19-17(11-13)27-8-9-28-19/h4-7,10-12,18H,3,8-9H2,1-2H3,(H,23,24)(H,25,26). The summed E-state index contributed by atoms with van der Waals surface area (Å²) in [6.07, 6.45) is 0.893. The van der Waals surface area contributed by atoms with Crippen LogP contribution in [0.4, 0.5) is 0 Å². The molecule has 2 unspecified atom stereocenters. The van der Waals surface area contributed by atoms with E-state index in [-0.39, 0.29) is 17.9 Å². The van der Waals surface area contributed by atoms with Crippen molar-refractivity contribution < 1.29 is 14.3 Å². The number of hydrogen-bond donors (Lipinski definition) is 2. The molecule has 0 bridgehead atoms. The van der Waals surface area contributed by atoms with Crippen molar-refractivity contribution in [2.75, 3.05) is 13.2 Å². The highest BCUT2D eigenvalue weighted by atomic mass is 35.5. The average Bonchev–Trinajstić information content (AvgIpc) is 3.15. The van der Waals surface area contributed by atoms with Gasteiger partial charge in [0.1, 0.15) is 19.0 Å². The third kappa shape index (κ3) is 3.52. The van der Waals surface area contributed by atoms with Gasteiger partial charge in [-0.1, -0.05) is 44.0 Å². The van der Waals surface area contributed by atoms with Crippen molar-refractivity contribution in [1.82, 2.24) is 15.3 Å². The predicted octanol–water partition coefficient (Wildman–Crippen LogP) is 4.50. The van der Waals surface area contributed by atoms with Gasteiger partial charge in [0.05, 0.1) is 22.1 Å². The minimum atomic E-state index is -0.253. The lowest BCUT2D eigenvalue weighted by atomic mass is 9.98. The van der Waals surface area contributed by atoms with E-state index in [0.29, 0.717) is 35.3 Å². The van der Waals surface area contributed by atoms with Crippen LogP contribution in [0.2, 0.25) is 5.02 Å².